The molecule has 1 N–H and O–H groups in total. The summed E-state index contributed by atoms with van der Waals surface area (Å²) in [7, 11) is 1.56. The van der Waals surface area contributed by atoms with Gasteiger partial charge in [-0.15, -0.1) is 0 Å². The van der Waals surface area contributed by atoms with Crippen LogP contribution in [0.2, 0.25) is 5.02 Å². The molecule has 2 aromatic carbocycles. The van der Waals surface area contributed by atoms with Gasteiger partial charge in [0.2, 0.25) is 0 Å². The van der Waals surface area contributed by atoms with Crippen LogP contribution in [0.15, 0.2) is 42.5 Å². The Labute approximate surface area is 122 Å². The maximum atomic E-state index is 10.6. The highest BCUT2D eigenvalue weighted by molar-refractivity contribution is 6.32. The molecule has 2 aromatic rings. The number of aliphatic hydroxyl groups is 1. The second-order valence-corrected chi connectivity index (χ2v) is 5.20. The molecule has 0 aliphatic carbocycles. The lowest BCUT2D eigenvalue weighted by Gasteiger charge is -2.18. The van der Waals surface area contributed by atoms with Gasteiger partial charge in [0.25, 0.3) is 0 Å². The van der Waals surface area contributed by atoms with Crippen molar-refractivity contribution in [2.24, 2.45) is 0 Å². The monoisotopic (exact) mass is 290 g/mol. The number of methoxy groups -OCH3 is 1. The molecule has 2 unspecified atom stereocenters. The first-order valence-corrected chi connectivity index (χ1v) is 6.81. The summed E-state index contributed by atoms with van der Waals surface area (Å²) >= 11 is 6.01. The minimum Gasteiger partial charge on any atom is -0.495 e. The van der Waals surface area contributed by atoms with Crippen LogP contribution in [0.4, 0.5) is 0 Å². The highest BCUT2D eigenvalue weighted by atomic mass is 35.5. The van der Waals surface area contributed by atoms with E-state index in [1.807, 2.05) is 30.3 Å². The molecule has 0 amide bonds. The van der Waals surface area contributed by atoms with Crippen molar-refractivity contribution in [2.45, 2.75) is 12.0 Å². The molecule has 0 aromatic heterocycles. The fraction of sp³-hybridized carbons (Fsp3) is 0.250. The van der Waals surface area contributed by atoms with Crippen LogP contribution < -0.4 is 9.47 Å². The molecule has 0 bridgehead atoms. The van der Waals surface area contributed by atoms with Gasteiger partial charge in [-0.3, -0.25) is 0 Å². The Hall–Kier alpha value is -1.71. The summed E-state index contributed by atoms with van der Waals surface area (Å²) in [6, 6.07) is 13.1. The average molecular weight is 291 g/mol. The van der Waals surface area contributed by atoms with E-state index in [4.69, 9.17) is 21.1 Å². The van der Waals surface area contributed by atoms with Gasteiger partial charge >= 0.3 is 0 Å². The third-order valence-corrected chi connectivity index (χ3v) is 3.95. The van der Waals surface area contributed by atoms with Gasteiger partial charge in [-0.05, 0) is 23.8 Å². The molecule has 1 aliphatic rings. The van der Waals surface area contributed by atoms with Gasteiger partial charge in [0.15, 0.2) is 0 Å². The summed E-state index contributed by atoms with van der Waals surface area (Å²) in [5.74, 6) is 1.34. The number of hydrogen-bond donors (Lipinski definition) is 1. The predicted octanol–water partition coefficient (Wildman–Crippen LogP) is 3.56. The largest absolute Gasteiger partial charge is 0.495 e. The van der Waals surface area contributed by atoms with E-state index in [2.05, 4.69) is 0 Å². The number of fused-ring (bicyclic) bond motifs is 1. The fourth-order valence-electron chi connectivity index (χ4n) is 2.54. The number of ether oxygens (including phenoxy) is 2. The Morgan fingerprint density at radius 2 is 2.10 bits per heavy atom. The molecular weight excluding hydrogens is 276 g/mol. The van der Waals surface area contributed by atoms with Crippen molar-refractivity contribution >= 4 is 11.6 Å². The van der Waals surface area contributed by atoms with Crippen molar-refractivity contribution in [2.75, 3.05) is 13.7 Å². The predicted molar refractivity (Wildman–Crippen MR) is 77.6 cm³/mol. The Morgan fingerprint density at radius 1 is 1.30 bits per heavy atom. The summed E-state index contributed by atoms with van der Waals surface area (Å²) in [4.78, 5) is 0. The van der Waals surface area contributed by atoms with Gasteiger partial charge < -0.3 is 14.6 Å². The Morgan fingerprint density at radius 3 is 2.90 bits per heavy atom. The summed E-state index contributed by atoms with van der Waals surface area (Å²) in [5, 5.41) is 11.1. The molecule has 1 aliphatic heterocycles. The molecule has 0 saturated carbocycles. The normalized spacial score (nSPS) is 18.2. The van der Waals surface area contributed by atoms with E-state index in [0.29, 0.717) is 17.4 Å². The molecule has 3 rings (SSSR count). The molecule has 0 radical (unpaired) electrons. The van der Waals surface area contributed by atoms with Crippen LogP contribution >= 0.6 is 11.6 Å². The van der Waals surface area contributed by atoms with E-state index in [0.717, 1.165) is 16.9 Å². The minimum absolute atomic E-state index is 0.0721. The Kier molecular flexibility index (Phi) is 3.55. The van der Waals surface area contributed by atoms with E-state index in [1.165, 1.54) is 0 Å². The van der Waals surface area contributed by atoms with Crippen molar-refractivity contribution in [3.8, 4) is 11.5 Å². The summed E-state index contributed by atoms with van der Waals surface area (Å²) in [6.45, 7) is 0.478. The molecular formula is C16H15ClO3. The van der Waals surface area contributed by atoms with Crippen LogP contribution in [0, 0.1) is 0 Å². The second kappa shape index (κ2) is 5.35. The number of para-hydroxylation sites is 1. The zero-order valence-corrected chi connectivity index (χ0v) is 11.8. The number of rotatable bonds is 3. The maximum absolute atomic E-state index is 10.6. The average Bonchev–Trinajstić information content (AvgIpc) is 2.91. The SMILES string of the molecule is COc1cc(C(O)C2COc3ccccc32)ccc1Cl. The Balaban J connectivity index is 1.92. The summed E-state index contributed by atoms with van der Waals surface area (Å²) < 4.78 is 10.8. The van der Waals surface area contributed by atoms with Gasteiger partial charge in [-0.1, -0.05) is 35.9 Å². The van der Waals surface area contributed by atoms with Crippen LogP contribution in [-0.4, -0.2) is 18.8 Å². The third kappa shape index (κ3) is 2.23. The molecule has 4 heteroatoms. The second-order valence-electron chi connectivity index (χ2n) is 4.79. The first-order chi connectivity index (χ1) is 9.70. The van der Waals surface area contributed by atoms with Crippen LogP contribution in [0.25, 0.3) is 0 Å². The topological polar surface area (TPSA) is 38.7 Å². The molecule has 1 heterocycles. The fourth-order valence-corrected chi connectivity index (χ4v) is 2.74. The number of benzene rings is 2. The van der Waals surface area contributed by atoms with E-state index in [1.54, 1.807) is 19.2 Å². The van der Waals surface area contributed by atoms with E-state index < -0.39 is 6.10 Å². The molecule has 0 saturated heterocycles. The smallest absolute Gasteiger partial charge is 0.137 e. The third-order valence-electron chi connectivity index (χ3n) is 3.63. The Bertz CT molecular complexity index is 627. The standard InChI is InChI=1S/C16H15ClO3/c1-19-15-8-10(6-7-13(15)17)16(18)12-9-20-14-5-3-2-4-11(12)14/h2-8,12,16,18H,9H2,1H3. The minimum atomic E-state index is -0.648. The quantitative estimate of drug-likeness (QED) is 0.939. The first kappa shape index (κ1) is 13.3. The van der Waals surface area contributed by atoms with E-state index in [-0.39, 0.29) is 5.92 Å². The highest BCUT2D eigenvalue weighted by Gasteiger charge is 2.31. The van der Waals surface area contributed by atoms with Gasteiger partial charge in [0.05, 0.1) is 30.8 Å². The van der Waals surface area contributed by atoms with Crippen molar-refractivity contribution in [3.05, 3.63) is 58.6 Å². The van der Waals surface area contributed by atoms with Crippen LogP contribution in [0.3, 0.4) is 0 Å². The van der Waals surface area contributed by atoms with Crippen molar-refractivity contribution in [1.29, 1.82) is 0 Å². The lowest BCUT2D eigenvalue weighted by Crippen LogP contribution is -2.12. The highest BCUT2D eigenvalue weighted by Crippen LogP contribution is 2.42. The summed E-state index contributed by atoms with van der Waals surface area (Å²) in [5.41, 5.74) is 1.81. The molecule has 104 valence electrons. The van der Waals surface area contributed by atoms with Crippen molar-refractivity contribution in [3.63, 3.8) is 0 Å². The number of hydrogen-bond acceptors (Lipinski definition) is 3. The zero-order chi connectivity index (χ0) is 14.1. The van der Waals surface area contributed by atoms with Crippen molar-refractivity contribution < 1.29 is 14.6 Å². The lowest BCUT2D eigenvalue weighted by atomic mass is 9.91. The van der Waals surface area contributed by atoms with Crippen molar-refractivity contribution in [1.82, 2.24) is 0 Å². The molecule has 20 heavy (non-hydrogen) atoms. The zero-order valence-electron chi connectivity index (χ0n) is 11.0. The van der Waals surface area contributed by atoms with Crippen LogP contribution in [0.5, 0.6) is 11.5 Å². The van der Waals surface area contributed by atoms with Crippen LogP contribution in [0.1, 0.15) is 23.1 Å². The van der Waals surface area contributed by atoms with E-state index >= 15 is 0 Å². The first-order valence-electron chi connectivity index (χ1n) is 6.44. The van der Waals surface area contributed by atoms with Gasteiger partial charge in [0.1, 0.15) is 11.5 Å². The van der Waals surface area contributed by atoms with Gasteiger partial charge in [-0.2, -0.15) is 0 Å². The summed E-state index contributed by atoms with van der Waals surface area (Å²) in [6.07, 6.45) is -0.648. The molecule has 3 nitrogen and oxygen atoms in total. The number of aliphatic hydroxyl groups excluding tert-OH is 1. The van der Waals surface area contributed by atoms with E-state index in [9.17, 15) is 5.11 Å². The lowest BCUT2D eigenvalue weighted by molar-refractivity contribution is 0.130. The van der Waals surface area contributed by atoms with Gasteiger partial charge in [-0.25, -0.2) is 0 Å². The number of halogens is 1. The van der Waals surface area contributed by atoms with Crippen LogP contribution in [-0.2, 0) is 0 Å². The molecule has 0 fully saturated rings. The maximum Gasteiger partial charge on any atom is 0.137 e. The molecule has 0 spiro atoms. The molecule has 2 atom stereocenters. The van der Waals surface area contributed by atoms with Gasteiger partial charge in [0, 0.05) is 5.56 Å².